The number of anilines is 1. The van der Waals surface area contributed by atoms with Gasteiger partial charge in [0.25, 0.3) is 6.01 Å². The molecule has 0 unspecified atom stereocenters. The van der Waals surface area contributed by atoms with Gasteiger partial charge in [0.2, 0.25) is 0 Å². The third-order valence-electron chi connectivity index (χ3n) is 2.29. The van der Waals surface area contributed by atoms with Crippen molar-refractivity contribution in [3.8, 4) is 0 Å². The van der Waals surface area contributed by atoms with E-state index in [0.29, 0.717) is 11.9 Å². The van der Waals surface area contributed by atoms with Crippen molar-refractivity contribution in [2.45, 2.75) is 12.8 Å². The fraction of sp³-hybridized carbons (Fsp3) is 0.667. The van der Waals surface area contributed by atoms with Gasteiger partial charge in [-0.25, -0.2) is 0 Å². The lowest BCUT2D eigenvalue weighted by Crippen LogP contribution is -2.36. The van der Waals surface area contributed by atoms with Crippen LogP contribution in [0, 0.1) is 6.92 Å². The molecule has 1 fully saturated rings. The first-order valence-electron chi connectivity index (χ1n) is 4.66. The van der Waals surface area contributed by atoms with Gasteiger partial charge in [-0.05, 0) is 6.92 Å². The summed E-state index contributed by atoms with van der Waals surface area (Å²) in [5, 5.41) is 0. The predicted molar refractivity (Wildman–Crippen MR) is 53.8 cm³/mol. The van der Waals surface area contributed by atoms with Gasteiger partial charge in [-0.3, -0.25) is 0 Å². The number of ether oxygens (including phenoxy) is 1. The van der Waals surface area contributed by atoms with Crippen molar-refractivity contribution in [2.24, 2.45) is 0 Å². The van der Waals surface area contributed by atoms with E-state index < -0.39 is 0 Å². The summed E-state index contributed by atoms with van der Waals surface area (Å²) in [6.45, 7) is 5.02. The van der Waals surface area contributed by atoms with E-state index in [2.05, 4.69) is 9.88 Å². The van der Waals surface area contributed by atoms with Gasteiger partial charge in [-0.15, -0.1) is 11.6 Å². The van der Waals surface area contributed by atoms with E-state index >= 15 is 0 Å². The fourth-order valence-electron chi connectivity index (χ4n) is 1.43. The molecule has 1 aromatic rings. The normalized spacial score (nSPS) is 17.4. The number of nitrogens with zero attached hydrogens (tertiary/aromatic N) is 2. The smallest absolute Gasteiger partial charge is 0.297 e. The molecule has 78 valence electrons. The number of halogens is 1. The summed E-state index contributed by atoms with van der Waals surface area (Å²) in [4.78, 5) is 6.40. The molecule has 0 aromatic carbocycles. The number of hydrogen-bond donors (Lipinski definition) is 0. The molecule has 0 amide bonds. The van der Waals surface area contributed by atoms with Crippen LogP contribution in [-0.4, -0.2) is 31.3 Å². The summed E-state index contributed by atoms with van der Waals surface area (Å²) >= 11 is 5.72. The van der Waals surface area contributed by atoms with E-state index in [1.54, 1.807) is 0 Å². The van der Waals surface area contributed by atoms with Crippen molar-refractivity contribution in [3.63, 3.8) is 0 Å². The Morgan fingerprint density at radius 2 is 2.14 bits per heavy atom. The summed E-state index contributed by atoms with van der Waals surface area (Å²) < 4.78 is 10.8. The molecule has 0 aliphatic carbocycles. The van der Waals surface area contributed by atoms with Gasteiger partial charge >= 0.3 is 0 Å². The quantitative estimate of drug-likeness (QED) is 0.704. The highest BCUT2D eigenvalue weighted by Crippen LogP contribution is 2.20. The van der Waals surface area contributed by atoms with E-state index in [4.69, 9.17) is 20.8 Å². The van der Waals surface area contributed by atoms with E-state index in [-0.39, 0.29) is 0 Å². The molecule has 14 heavy (non-hydrogen) atoms. The highest BCUT2D eigenvalue weighted by molar-refractivity contribution is 6.16. The number of alkyl halides is 1. The van der Waals surface area contributed by atoms with Crippen LogP contribution < -0.4 is 4.90 Å². The summed E-state index contributed by atoms with van der Waals surface area (Å²) in [5.74, 6) is 1.21. The number of oxazole rings is 1. The molecule has 0 radical (unpaired) electrons. The molecule has 0 bridgehead atoms. The third kappa shape index (κ3) is 1.86. The fourth-order valence-corrected chi connectivity index (χ4v) is 1.67. The van der Waals surface area contributed by atoms with Crippen molar-refractivity contribution in [1.29, 1.82) is 0 Å². The molecule has 2 rings (SSSR count). The molecule has 1 saturated heterocycles. The van der Waals surface area contributed by atoms with Crippen molar-refractivity contribution in [3.05, 3.63) is 11.5 Å². The van der Waals surface area contributed by atoms with Crippen LogP contribution in [0.3, 0.4) is 0 Å². The Morgan fingerprint density at radius 1 is 1.43 bits per heavy atom. The van der Waals surface area contributed by atoms with E-state index in [1.165, 1.54) is 0 Å². The molecule has 0 spiro atoms. The average molecular weight is 217 g/mol. The van der Waals surface area contributed by atoms with E-state index in [9.17, 15) is 0 Å². The van der Waals surface area contributed by atoms with E-state index in [0.717, 1.165) is 37.8 Å². The van der Waals surface area contributed by atoms with Crippen LogP contribution >= 0.6 is 11.6 Å². The monoisotopic (exact) mass is 216 g/mol. The number of hydrogen-bond acceptors (Lipinski definition) is 4. The highest BCUT2D eigenvalue weighted by atomic mass is 35.5. The maximum Gasteiger partial charge on any atom is 0.297 e. The van der Waals surface area contributed by atoms with Crippen LogP contribution in [0.5, 0.6) is 0 Å². The molecule has 0 saturated carbocycles. The second-order valence-corrected chi connectivity index (χ2v) is 3.50. The van der Waals surface area contributed by atoms with E-state index in [1.807, 2.05) is 6.92 Å². The Morgan fingerprint density at radius 3 is 2.71 bits per heavy atom. The second-order valence-electron chi connectivity index (χ2n) is 3.23. The summed E-state index contributed by atoms with van der Waals surface area (Å²) in [7, 11) is 0. The lowest BCUT2D eigenvalue weighted by Gasteiger charge is -2.24. The largest absolute Gasteiger partial charge is 0.429 e. The molecule has 0 N–H and O–H groups in total. The molecule has 1 aromatic heterocycles. The maximum atomic E-state index is 5.72. The number of aromatic nitrogens is 1. The highest BCUT2D eigenvalue weighted by Gasteiger charge is 2.17. The summed E-state index contributed by atoms with van der Waals surface area (Å²) in [6.07, 6.45) is 0. The van der Waals surface area contributed by atoms with Gasteiger partial charge in [-0.1, -0.05) is 0 Å². The third-order valence-corrected chi connectivity index (χ3v) is 2.54. The number of morpholine rings is 1. The molecule has 2 heterocycles. The van der Waals surface area contributed by atoms with Gasteiger partial charge < -0.3 is 14.1 Å². The average Bonchev–Trinajstić information content (AvgIpc) is 2.61. The first kappa shape index (κ1) is 9.80. The summed E-state index contributed by atoms with van der Waals surface area (Å²) in [6, 6.07) is 0.668. The minimum atomic E-state index is 0.402. The Hall–Kier alpha value is -0.740. The lowest BCUT2D eigenvalue weighted by molar-refractivity contribution is 0.120. The second kappa shape index (κ2) is 4.19. The Balaban J connectivity index is 2.14. The minimum absolute atomic E-state index is 0.402. The zero-order valence-electron chi connectivity index (χ0n) is 8.12. The first-order valence-corrected chi connectivity index (χ1v) is 5.19. The Kier molecular flexibility index (Phi) is 2.93. The molecular weight excluding hydrogens is 204 g/mol. The van der Waals surface area contributed by atoms with Gasteiger partial charge in [0.15, 0.2) is 0 Å². The number of aryl methyl sites for hydroxylation is 1. The van der Waals surface area contributed by atoms with Crippen LogP contribution in [0.25, 0.3) is 0 Å². The van der Waals surface area contributed by atoms with Crippen LogP contribution in [0.2, 0.25) is 0 Å². The summed E-state index contributed by atoms with van der Waals surface area (Å²) in [5.41, 5.74) is 0.827. The topological polar surface area (TPSA) is 38.5 Å². The van der Waals surface area contributed by atoms with Gasteiger partial charge in [0.1, 0.15) is 5.76 Å². The van der Waals surface area contributed by atoms with Crippen LogP contribution in [0.4, 0.5) is 6.01 Å². The predicted octanol–water partition coefficient (Wildman–Crippen LogP) is 1.56. The molecule has 4 nitrogen and oxygen atoms in total. The Bertz CT molecular complexity index is 308. The zero-order valence-corrected chi connectivity index (χ0v) is 8.88. The molecule has 0 atom stereocenters. The maximum absolute atomic E-state index is 5.72. The van der Waals surface area contributed by atoms with Crippen molar-refractivity contribution in [2.75, 3.05) is 31.2 Å². The molecular formula is C9H13ClN2O2. The van der Waals surface area contributed by atoms with Gasteiger partial charge in [0, 0.05) is 13.1 Å². The standard InChI is InChI=1S/C9H13ClN2O2/c1-7-8(6-10)11-9(14-7)12-2-4-13-5-3-12/h2-6H2,1H3. The Labute approximate surface area is 87.8 Å². The first-order chi connectivity index (χ1) is 6.81. The molecule has 1 aliphatic rings. The SMILES string of the molecule is Cc1oc(N2CCOCC2)nc1CCl. The molecule has 5 heteroatoms. The minimum Gasteiger partial charge on any atom is -0.429 e. The van der Waals surface area contributed by atoms with Crippen LogP contribution in [0.15, 0.2) is 4.42 Å². The van der Waals surface area contributed by atoms with Crippen molar-refractivity contribution in [1.82, 2.24) is 4.98 Å². The lowest BCUT2D eigenvalue weighted by atomic mass is 10.4. The number of rotatable bonds is 2. The van der Waals surface area contributed by atoms with Crippen LogP contribution in [0.1, 0.15) is 11.5 Å². The molecule has 1 aliphatic heterocycles. The zero-order chi connectivity index (χ0) is 9.97. The van der Waals surface area contributed by atoms with Crippen LogP contribution in [-0.2, 0) is 10.6 Å². The van der Waals surface area contributed by atoms with Crippen molar-refractivity contribution >= 4 is 17.6 Å². The van der Waals surface area contributed by atoms with Gasteiger partial charge in [-0.2, -0.15) is 4.98 Å². The van der Waals surface area contributed by atoms with Gasteiger partial charge in [0.05, 0.1) is 24.8 Å². The van der Waals surface area contributed by atoms with Crippen molar-refractivity contribution < 1.29 is 9.15 Å².